The molecule has 0 spiro atoms. The fraction of sp³-hybridized carbons (Fsp3) is 0.571. The van der Waals surface area contributed by atoms with Crippen molar-refractivity contribution in [3.8, 4) is 0 Å². The van der Waals surface area contributed by atoms with Gasteiger partial charge in [-0.1, -0.05) is 18.3 Å². The Balaban J connectivity index is 2.67. The van der Waals surface area contributed by atoms with E-state index in [4.69, 9.17) is 5.73 Å². The molecule has 2 N–H and O–H groups in total. The first-order valence-corrected chi connectivity index (χ1v) is 4.81. The predicted molar refractivity (Wildman–Crippen MR) is 51.6 cm³/mol. The summed E-state index contributed by atoms with van der Waals surface area (Å²) < 4.78 is 0. The van der Waals surface area contributed by atoms with Crippen LogP contribution < -0.4 is 5.73 Å². The first kappa shape index (κ1) is 9.91. The Bertz CT molecular complexity index is 298. The molecule has 0 unspecified atom stereocenters. The van der Waals surface area contributed by atoms with Gasteiger partial charge in [0.15, 0.2) is 0 Å². The fourth-order valence-electron chi connectivity index (χ4n) is 0.921. The molecule has 0 atom stereocenters. The Morgan fingerprint density at radius 1 is 1.62 bits per heavy atom. The number of hydrogen-bond donors (Lipinski definition) is 1. The quantitative estimate of drug-likeness (QED) is 0.775. The summed E-state index contributed by atoms with van der Waals surface area (Å²) in [7, 11) is 1.74. The molecule has 0 aliphatic heterocycles. The lowest BCUT2D eigenvalue weighted by atomic mass is 10.4. The number of carbonyl (C=O) groups is 1. The van der Waals surface area contributed by atoms with E-state index in [1.54, 1.807) is 11.9 Å². The van der Waals surface area contributed by atoms with E-state index in [2.05, 4.69) is 10.2 Å². The third kappa shape index (κ3) is 2.38. The molecule has 6 heteroatoms. The van der Waals surface area contributed by atoms with Gasteiger partial charge in [-0.2, -0.15) is 0 Å². The van der Waals surface area contributed by atoms with Crippen molar-refractivity contribution in [2.45, 2.75) is 13.3 Å². The van der Waals surface area contributed by atoms with Crippen LogP contribution in [0.1, 0.15) is 23.1 Å². The molecule has 0 saturated heterocycles. The van der Waals surface area contributed by atoms with Crippen LogP contribution in [0.2, 0.25) is 0 Å². The van der Waals surface area contributed by atoms with Gasteiger partial charge >= 0.3 is 0 Å². The van der Waals surface area contributed by atoms with Crippen molar-refractivity contribution >= 4 is 22.4 Å². The highest BCUT2D eigenvalue weighted by molar-refractivity contribution is 7.16. The van der Waals surface area contributed by atoms with E-state index in [1.165, 1.54) is 0 Å². The molecule has 0 fully saturated rings. The molecule has 1 aromatic rings. The Kier molecular flexibility index (Phi) is 3.18. The number of anilines is 1. The summed E-state index contributed by atoms with van der Waals surface area (Å²) >= 11 is 1.11. The van der Waals surface area contributed by atoms with Gasteiger partial charge in [0.05, 0.1) is 0 Å². The predicted octanol–water partition coefficient (Wildman–Crippen LogP) is 0.602. The van der Waals surface area contributed by atoms with E-state index >= 15 is 0 Å². The van der Waals surface area contributed by atoms with Gasteiger partial charge in [-0.05, 0) is 6.42 Å². The summed E-state index contributed by atoms with van der Waals surface area (Å²) in [6, 6.07) is 0. The van der Waals surface area contributed by atoms with Crippen LogP contribution in [-0.2, 0) is 0 Å². The standard InChI is InChI=1S/C7H12N4OS/c1-3-4-11(2)6(12)5-9-10-7(8)13-5/h3-4H2,1-2H3,(H2,8,10). The maximum absolute atomic E-state index is 11.5. The van der Waals surface area contributed by atoms with Crippen molar-refractivity contribution in [2.75, 3.05) is 19.3 Å². The third-order valence-electron chi connectivity index (χ3n) is 1.53. The van der Waals surface area contributed by atoms with E-state index in [-0.39, 0.29) is 5.91 Å². The van der Waals surface area contributed by atoms with Crippen LogP contribution >= 0.6 is 11.3 Å². The largest absolute Gasteiger partial charge is 0.374 e. The Morgan fingerprint density at radius 2 is 2.31 bits per heavy atom. The lowest BCUT2D eigenvalue weighted by Crippen LogP contribution is -2.27. The van der Waals surface area contributed by atoms with Crippen LogP contribution in [0.25, 0.3) is 0 Å². The molecule has 0 aliphatic rings. The number of rotatable bonds is 3. The fourth-order valence-corrected chi connectivity index (χ4v) is 1.53. The van der Waals surface area contributed by atoms with Gasteiger partial charge in [-0.3, -0.25) is 4.79 Å². The summed E-state index contributed by atoms with van der Waals surface area (Å²) in [5.41, 5.74) is 5.36. The van der Waals surface area contributed by atoms with Crippen molar-refractivity contribution in [3.05, 3.63) is 5.01 Å². The van der Waals surface area contributed by atoms with Gasteiger partial charge in [0.25, 0.3) is 5.91 Å². The Hall–Kier alpha value is -1.17. The topological polar surface area (TPSA) is 72.1 Å². The molecule has 0 bridgehead atoms. The molecule has 0 aromatic carbocycles. The lowest BCUT2D eigenvalue weighted by Gasteiger charge is -2.13. The maximum atomic E-state index is 11.5. The molecular formula is C7H12N4OS. The van der Waals surface area contributed by atoms with E-state index < -0.39 is 0 Å². The van der Waals surface area contributed by atoms with Gasteiger partial charge in [0.1, 0.15) is 0 Å². The SMILES string of the molecule is CCCN(C)C(=O)c1nnc(N)s1. The minimum atomic E-state index is -0.115. The summed E-state index contributed by atoms with van der Waals surface area (Å²) in [4.78, 5) is 13.1. The molecule has 0 saturated carbocycles. The average molecular weight is 200 g/mol. The molecule has 0 radical (unpaired) electrons. The van der Waals surface area contributed by atoms with Crippen LogP contribution in [0.3, 0.4) is 0 Å². The highest BCUT2D eigenvalue weighted by Gasteiger charge is 2.15. The number of aromatic nitrogens is 2. The molecule has 0 aliphatic carbocycles. The minimum absolute atomic E-state index is 0.115. The van der Waals surface area contributed by atoms with Gasteiger partial charge in [-0.15, -0.1) is 10.2 Å². The summed E-state index contributed by atoms with van der Waals surface area (Å²) in [5, 5.41) is 7.93. The molecule has 1 heterocycles. The Morgan fingerprint density at radius 3 is 2.77 bits per heavy atom. The first-order chi connectivity index (χ1) is 6.15. The van der Waals surface area contributed by atoms with Crippen molar-refractivity contribution in [3.63, 3.8) is 0 Å². The summed E-state index contributed by atoms with van der Waals surface area (Å²) in [6.07, 6.45) is 0.927. The van der Waals surface area contributed by atoms with E-state index in [9.17, 15) is 4.79 Å². The van der Waals surface area contributed by atoms with E-state index in [1.807, 2.05) is 6.92 Å². The second-order valence-electron chi connectivity index (χ2n) is 2.67. The molecule has 13 heavy (non-hydrogen) atoms. The molecule has 1 amide bonds. The molecule has 1 aromatic heterocycles. The smallest absolute Gasteiger partial charge is 0.284 e. The van der Waals surface area contributed by atoms with Crippen molar-refractivity contribution in [1.82, 2.24) is 15.1 Å². The molecule has 5 nitrogen and oxygen atoms in total. The lowest BCUT2D eigenvalue weighted by molar-refractivity contribution is 0.0794. The van der Waals surface area contributed by atoms with Crippen LogP contribution in [0.4, 0.5) is 5.13 Å². The monoisotopic (exact) mass is 200 g/mol. The van der Waals surface area contributed by atoms with Crippen molar-refractivity contribution in [1.29, 1.82) is 0 Å². The zero-order valence-electron chi connectivity index (χ0n) is 7.65. The van der Waals surface area contributed by atoms with Gasteiger partial charge in [-0.25, -0.2) is 0 Å². The maximum Gasteiger partial charge on any atom is 0.284 e. The van der Waals surface area contributed by atoms with Crippen molar-refractivity contribution in [2.24, 2.45) is 0 Å². The number of nitrogens with zero attached hydrogens (tertiary/aromatic N) is 3. The molecule has 72 valence electrons. The third-order valence-corrected chi connectivity index (χ3v) is 2.27. The second kappa shape index (κ2) is 4.18. The number of hydrogen-bond acceptors (Lipinski definition) is 5. The summed E-state index contributed by atoms with van der Waals surface area (Å²) in [5.74, 6) is -0.115. The van der Waals surface area contributed by atoms with Crippen molar-refractivity contribution < 1.29 is 4.79 Å². The van der Waals surface area contributed by atoms with E-state index in [0.717, 1.165) is 24.3 Å². The Labute approximate surface area is 80.6 Å². The zero-order valence-corrected chi connectivity index (χ0v) is 8.47. The van der Waals surface area contributed by atoms with Crippen LogP contribution in [0, 0.1) is 0 Å². The summed E-state index contributed by atoms with van der Waals surface area (Å²) in [6.45, 7) is 2.73. The minimum Gasteiger partial charge on any atom is -0.374 e. The number of carbonyl (C=O) groups excluding carboxylic acids is 1. The first-order valence-electron chi connectivity index (χ1n) is 3.99. The number of amides is 1. The van der Waals surface area contributed by atoms with Crippen LogP contribution in [-0.4, -0.2) is 34.6 Å². The van der Waals surface area contributed by atoms with Gasteiger partial charge in [0.2, 0.25) is 10.1 Å². The highest BCUT2D eigenvalue weighted by atomic mass is 32.1. The van der Waals surface area contributed by atoms with Gasteiger partial charge < -0.3 is 10.6 Å². The number of nitrogens with two attached hydrogens (primary N) is 1. The van der Waals surface area contributed by atoms with E-state index in [0.29, 0.717) is 10.1 Å². The normalized spacial score (nSPS) is 10.0. The highest BCUT2D eigenvalue weighted by Crippen LogP contribution is 2.12. The molecule has 1 rings (SSSR count). The second-order valence-corrected chi connectivity index (χ2v) is 3.68. The average Bonchev–Trinajstić information content (AvgIpc) is 2.51. The number of nitrogen functional groups attached to an aromatic ring is 1. The zero-order chi connectivity index (χ0) is 9.84. The molecular weight excluding hydrogens is 188 g/mol. The van der Waals surface area contributed by atoms with Gasteiger partial charge in [0, 0.05) is 13.6 Å². The van der Waals surface area contributed by atoms with Crippen LogP contribution in [0.15, 0.2) is 0 Å². The van der Waals surface area contributed by atoms with Crippen LogP contribution in [0.5, 0.6) is 0 Å².